The molecule has 0 fully saturated rings. The topological polar surface area (TPSA) is 40.5 Å². The van der Waals surface area contributed by atoms with Crippen LogP contribution in [0.4, 0.5) is 0 Å². The zero-order chi connectivity index (χ0) is 8.48. The van der Waals surface area contributed by atoms with Gasteiger partial charge in [0.05, 0.1) is 12.2 Å². The lowest BCUT2D eigenvalue weighted by Crippen LogP contribution is -2.38. The fourth-order valence-electron chi connectivity index (χ4n) is 1.30. The number of allylic oxidation sites excluding steroid dienone is 1. The molecular weight excluding hydrogens is 140 g/mol. The van der Waals surface area contributed by atoms with Gasteiger partial charge in [0.25, 0.3) is 0 Å². The summed E-state index contributed by atoms with van der Waals surface area (Å²) in [4.78, 5) is 0. The van der Waals surface area contributed by atoms with Gasteiger partial charge in [0.1, 0.15) is 0 Å². The van der Waals surface area contributed by atoms with Crippen LogP contribution in [0.5, 0.6) is 0 Å². The van der Waals surface area contributed by atoms with Crippen molar-refractivity contribution in [2.75, 3.05) is 0 Å². The minimum Gasteiger partial charge on any atom is -0.392 e. The second-order valence-electron chi connectivity index (χ2n) is 3.79. The van der Waals surface area contributed by atoms with Gasteiger partial charge in [0, 0.05) is 5.41 Å². The van der Waals surface area contributed by atoms with Crippen molar-refractivity contribution < 1.29 is 10.2 Å². The third kappa shape index (κ3) is 1.63. The van der Waals surface area contributed by atoms with Gasteiger partial charge in [0.2, 0.25) is 0 Å². The van der Waals surface area contributed by atoms with Gasteiger partial charge in [-0.1, -0.05) is 26.0 Å². The van der Waals surface area contributed by atoms with Crippen molar-refractivity contribution in [3.63, 3.8) is 0 Å². The summed E-state index contributed by atoms with van der Waals surface area (Å²) in [5.41, 5.74) is -0.396. The predicted molar refractivity (Wildman–Crippen MR) is 44.2 cm³/mol. The maximum atomic E-state index is 9.59. The van der Waals surface area contributed by atoms with Gasteiger partial charge in [-0.05, 0) is 12.8 Å². The van der Waals surface area contributed by atoms with Crippen LogP contribution >= 0.6 is 0 Å². The number of aliphatic hydroxyl groups is 2. The van der Waals surface area contributed by atoms with E-state index in [0.717, 1.165) is 12.8 Å². The molecular formula is C9H16O2. The monoisotopic (exact) mass is 156 g/mol. The van der Waals surface area contributed by atoms with Gasteiger partial charge in [-0.3, -0.25) is 0 Å². The molecule has 2 atom stereocenters. The van der Waals surface area contributed by atoms with Crippen molar-refractivity contribution in [2.45, 2.75) is 38.9 Å². The van der Waals surface area contributed by atoms with Gasteiger partial charge in [0.15, 0.2) is 0 Å². The van der Waals surface area contributed by atoms with Crippen LogP contribution in [-0.2, 0) is 0 Å². The zero-order valence-corrected chi connectivity index (χ0v) is 7.12. The molecule has 11 heavy (non-hydrogen) atoms. The number of hydrogen-bond donors (Lipinski definition) is 2. The standard InChI is InChI=1S/C9H16O2/c1-9(2)7(10)5-3-4-6-8(9)11/h3,5,7-8,10-11H,4,6H2,1-2H3. The van der Waals surface area contributed by atoms with Crippen LogP contribution in [0, 0.1) is 5.41 Å². The summed E-state index contributed by atoms with van der Waals surface area (Å²) in [6, 6.07) is 0. The van der Waals surface area contributed by atoms with Crippen molar-refractivity contribution in [1.29, 1.82) is 0 Å². The Hall–Kier alpha value is -0.340. The van der Waals surface area contributed by atoms with Crippen molar-refractivity contribution in [1.82, 2.24) is 0 Å². The van der Waals surface area contributed by atoms with Crippen molar-refractivity contribution in [2.24, 2.45) is 5.41 Å². The molecule has 1 aliphatic rings. The molecule has 0 aromatic carbocycles. The fourth-order valence-corrected chi connectivity index (χ4v) is 1.30. The molecule has 2 heteroatoms. The summed E-state index contributed by atoms with van der Waals surface area (Å²) in [7, 11) is 0. The van der Waals surface area contributed by atoms with Crippen LogP contribution in [-0.4, -0.2) is 22.4 Å². The molecule has 0 saturated heterocycles. The van der Waals surface area contributed by atoms with Crippen LogP contribution < -0.4 is 0 Å². The molecule has 64 valence electrons. The van der Waals surface area contributed by atoms with E-state index in [4.69, 9.17) is 0 Å². The second-order valence-corrected chi connectivity index (χ2v) is 3.79. The highest BCUT2D eigenvalue weighted by molar-refractivity contribution is 5.02. The van der Waals surface area contributed by atoms with E-state index in [-0.39, 0.29) is 0 Å². The van der Waals surface area contributed by atoms with Gasteiger partial charge < -0.3 is 10.2 Å². The third-order valence-electron chi connectivity index (χ3n) is 2.55. The van der Waals surface area contributed by atoms with E-state index in [0.29, 0.717) is 0 Å². The average Bonchev–Trinajstić information content (AvgIpc) is 2.03. The van der Waals surface area contributed by atoms with E-state index in [2.05, 4.69) is 0 Å². The van der Waals surface area contributed by atoms with Crippen LogP contribution in [0.25, 0.3) is 0 Å². The SMILES string of the molecule is CC1(C)C(O)C=CCCC1O. The molecule has 0 radical (unpaired) electrons. The Morgan fingerprint density at radius 1 is 1.36 bits per heavy atom. The molecule has 0 bridgehead atoms. The summed E-state index contributed by atoms with van der Waals surface area (Å²) in [5, 5.41) is 19.1. The molecule has 0 amide bonds. The first-order chi connectivity index (χ1) is 5.05. The molecule has 0 spiro atoms. The maximum Gasteiger partial charge on any atom is 0.0796 e. The first kappa shape index (κ1) is 8.75. The predicted octanol–water partition coefficient (Wildman–Crippen LogP) is 1.08. The first-order valence-electron chi connectivity index (χ1n) is 4.08. The molecule has 0 aromatic rings. The molecule has 0 saturated carbocycles. The van der Waals surface area contributed by atoms with Crippen molar-refractivity contribution in [3.05, 3.63) is 12.2 Å². The molecule has 2 unspecified atom stereocenters. The van der Waals surface area contributed by atoms with E-state index in [1.807, 2.05) is 19.9 Å². The van der Waals surface area contributed by atoms with E-state index in [1.54, 1.807) is 6.08 Å². The normalized spacial score (nSPS) is 36.7. The molecule has 2 nitrogen and oxygen atoms in total. The number of hydrogen-bond acceptors (Lipinski definition) is 2. The lowest BCUT2D eigenvalue weighted by atomic mass is 9.80. The highest BCUT2D eigenvalue weighted by Crippen LogP contribution is 2.31. The lowest BCUT2D eigenvalue weighted by Gasteiger charge is -2.32. The van der Waals surface area contributed by atoms with Gasteiger partial charge >= 0.3 is 0 Å². The number of aliphatic hydroxyl groups excluding tert-OH is 2. The molecule has 1 aliphatic carbocycles. The molecule has 2 N–H and O–H groups in total. The highest BCUT2D eigenvalue weighted by atomic mass is 16.3. The Kier molecular flexibility index (Phi) is 2.35. The Morgan fingerprint density at radius 3 is 2.64 bits per heavy atom. The smallest absolute Gasteiger partial charge is 0.0796 e. The Balaban J connectivity index is 2.78. The van der Waals surface area contributed by atoms with Gasteiger partial charge in [-0.25, -0.2) is 0 Å². The third-order valence-corrected chi connectivity index (χ3v) is 2.55. The van der Waals surface area contributed by atoms with E-state index >= 15 is 0 Å². The van der Waals surface area contributed by atoms with Crippen LogP contribution in [0.1, 0.15) is 26.7 Å². The van der Waals surface area contributed by atoms with Crippen molar-refractivity contribution in [3.8, 4) is 0 Å². The first-order valence-corrected chi connectivity index (χ1v) is 4.08. The molecule has 0 aromatic heterocycles. The van der Waals surface area contributed by atoms with Crippen LogP contribution in [0.2, 0.25) is 0 Å². The maximum absolute atomic E-state index is 9.59. The van der Waals surface area contributed by atoms with E-state index in [9.17, 15) is 10.2 Å². The van der Waals surface area contributed by atoms with Gasteiger partial charge in [-0.2, -0.15) is 0 Å². The summed E-state index contributed by atoms with van der Waals surface area (Å²) in [6.07, 6.45) is 4.41. The molecule has 0 aliphatic heterocycles. The van der Waals surface area contributed by atoms with Crippen LogP contribution in [0.3, 0.4) is 0 Å². The Bertz CT molecular complexity index is 161. The lowest BCUT2D eigenvalue weighted by molar-refractivity contribution is -0.0253. The van der Waals surface area contributed by atoms with Gasteiger partial charge in [-0.15, -0.1) is 0 Å². The largest absolute Gasteiger partial charge is 0.392 e. The number of rotatable bonds is 0. The molecule has 0 heterocycles. The second kappa shape index (κ2) is 2.95. The van der Waals surface area contributed by atoms with Crippen LogP contribution in [0.15, 0.2) is 12.2 Å². The fraction of sp³-hybridized carbons (Fsp3) is 0.778. The quantitative estimate of drug-likeness (QED) is 0.515. The van der Waals surface area contributed by atoms with E-state index in [1.165, 1.54) is 0 Å². The summed E-state index contributed by atoms with van der Waals surface area (Å²) >= 11 is 0. The van der Waals surface area contributed by atoms with E-state index < -0.39 is 17.6 Å². The molecule has 1 rings (SSSR count). The minimum atomic E-state index is -0.514. The highest BCUT2D eigenvalue weighted by Gasteiger charge is 2.34. The Morgan fingerprint density at radius 2 is 2.00 bits per heavy atom. The summed E-state index contributed by atoms with van der Waals surface area (Å²) in [5.74, 6) is 0. The zero-order valence-electron chi connectivity index (χ0n) is 7.12. The minimum absolute atomic E-state index is 0.396. The average molecular weight is 156 g/mol. The summed E-state index contributed by atoms with van der Waals surface area (Å²) < 4.78 is 0. The van der Waals surface area contributed by atoms with Crippen molar-refractivity contribution >= 4 is 0 Å². The Labute approximate surface area is 67.6 Å². The summed E-state index contributed by atoms with van der Waals surface area (Å²) in [6.45, 7) is 3.77.